The van der Waals surface area contributed by atoms with Crippen LogP contribution in [0.25, 0.3) is 0 Å². The number of thiophene rings is 1. The molecule has 2 heterocycles. The molecule has 2 amide bonds. The minimum absolute atomic E-state index is 0.0966. The van der Waals surface area contributed by atoms with Gasteiger partial charge in [0.15, 0.2) is 0 Å². The van der Waals surface area contributed by atoms with Crippen molar-refractivity contribution in [2.75, 3.05) is 19.6 Å². The van der Waals surface area contributed by atoms with E-state index >= 15 is 0 Å². The van der Waals surface area contributed by atoms with Crippen LogP contribution < -0.4 is 5.32 Å². The number of likely N-dealkylation sites (tertiary alicyclic amines) is 1. The summed E-state index contributed by atoms with van der Waals surface area (Å²) < 4.78 is 13.0. The molecule has 0 spiro atoms. The molecule has 0 radical (unpaired) electrons. The normalized spacial score (nSPS) is 17.4. The Kier molecular flexibility index (Phi) is 5.92. The van der Waals surface area contributed by atoms with Gasteiger partial charge in [0.2, 0.25) is 5.91 Å². The molecule has 1 aliphatic rings. The van der Waals surface area contributed by atoms with Gasteiger partial charge >= 0.3 is 0 Å². The van der Waals surface area contributed by atoms with Gasteiger partial charge in [0.1, 0.15) is 11.4 Å². The first-order chi connectivity index (χ1) is 12.9. The molecule has 0 aliphatic carbocycles. The number of hydrogen-bond acceptors (Lipinski definition) is 4. The summed E-state index contributed by atoms with van der Waals surface area (Å²) in [6, 6.07) is 9.20. The molecule has 27 heavy (non-hydrogen) atoms. The Labute approximate surface area is 161 Å². The first-order valence-electron chi connectivity index (χ1n) is 8.96. The average molecular weight is 390 g/mol. The van der Waals surface area contributed by atoms with Gasteiger partial charge in [0.25, 0.3) is 5.91 Å². The second-order valence-electron chi connectivity index (χ2n) is 7.04. The molecule has 7 heteroatoms. The van der Waals surface area contributed by atoms with E-state index in [1.807, 2.05) is 17.5 Å². The number of carbonyl (C=O) groups excluding carboxylic acids is 2. The largest absolute Gasteiger partial charge is 0.383 e. The maximum absolute atomic E-state index is 13.0. The standard InChI is InChI=1S/C20H23FN2O3S/c1-20(26,17-3-2-12-27-17)13-22-18(24)14-8-10-23(11-9-14)19(25)15-4-6-16(21)7-5-15/h2-7,12,14,26H,8-11,13H2,1H3,(H,22,24). The third kappa shape index (κ3) is 4.73. The third-order valence-electron chi connectivity index (χ3n) is 4.90. The topological polar surface area (TPSA) is 69.6 Å². The van der Waals surface area contributed by atoms with Gasteiger partial charge in [-0.15, -0.1) is 11.3 Å². The fourth-order valence-electron chi connectivity index (χ4n) is 3.20. The van der Waals surface area contributed by atoms with Crippen molar-refractivity contribution in [1.82, 2.24) is 10.2 Å². The SMILES string of the molecule is CC(O)(CNC(=O)C1CCN(C(=O)c2ccc(F)cc2)CC1)c1cccs1. The molecule has 1 aromatic carbocycles. The average Bonchev–Trinajstić information content (AvgIpc) is 3.22. The van der Waals surface area contributed by atoms with Crippen LogP contribution >= 0.6 is 11.3 Å². The Balaban J connectivity index is 1.49. The molecule has 1 unspecified atom stereocenters. The van der Waals surface area contributed by atoms with Crippen molar-refractivity contribution in [3.05, 3.63) is 58.0 Å². The molecule has 2 aromatic rings. The lowest BCUT2D eigenvalue weighted by Crippen LogP contribution is -2.45. The minimum Gasteiger partial charge on any atom is -0.383 e. The Morgan fingerprint density at radius 2 is 1.93 bits per heavy atom. The molecular formula is C20H23FN2O3S. The van der Waals surface area contributed by atoms with Crippen LogP contribution in [0.2, 0.25) is 0 Å². The monoisotopic (exact) mass is 390 g/mol. The smallest absolute Gasteiger partial charge is 0.253 e. The van der Waals surface area contributed by atoms with E-state index in [0.717, 1.165) is 4.88 Å². The van der Waals surface area contributed by atoms with E-state index in [1.165, 1.54) is 35.6 Å². The zero-order valence-corrected chi connectivity index (χ0v) is 16.0. The number of halogens is 1. The highest BCUT2D eigenvalue weighted by Crippen LogP contribution is 2.25. The summed E-state index contributed by atoms with van der Waals surface area (Å²) in [6.45, 7) is 2.80. The van der Waals surface area contributed by atoms with Crippen LogP contribution in [-0.2, 0) is 10.4 Å². The van der Waals surface area contributed by atoms with Crippen LogP contribution in [0.5, 0.6) is 0 Å². The highest BCUT2D eigenvalue weighted by Gasteiger charge is 2.30. The molecule has 1 atom stereocenters. The van der Waals surface area contributed by atoms with Crippen molar-refractivity contribution in [2.24, 2.45) is 5.92 Å². The van der Waals surface area contributed by atoms with Gasteiger partial charge in [-0.3, -0.25) is 9.59 Å². The van der Waals surface area contributed by atoms with E-state index < -0.39 is 5.60 Å². The zero-order valence-electron chi connectivity index (χ0n) is 15.2. The van der Waals surface area contributed by atoms with Crippen LogP contribution in [0.3, 0.4) is 0 Å². The maximum Gasteiger partial charge on any atom is 0.253 e. The summed E-state index contributed by atoms with van der Waals surface area (Å²) in [5.41, 5.74) is -0.644. The van der Waals surface area contributed by atoms with Crippen LogP contribution in [0, 0.1) is 11.7 Å². The molecule has 1 aromatic heterocycles. The third-order valence-corrected chi connectivity index (χ3v) is 6.03. The Bertz CT molecular complexity index is 782. The molecule has 0 bridgehead atoms. The lowest BCUT2D eigenvalue weighted by molar-refractivity contribution is -0.127. The highest BCUT2D eigenvalue weighted by molar-refractivity contribution is 7.10. The number of aliphatic hydroxyl groups is 1. The predicted octanol–water partition coefficient (Wildman–Crippen LogP) is 2.76. The number of benzene rings is 1. The first-order valence-corrected chi connectivity index (χ1v) is 9.84. The quantitative estimate of drug-likeness (QED) is 0.825. The number of nitrogens with one attached hydrogen (secondary N) is 1. The van der Waals surface area contributed by atoms with Crippen molar-refractivity contribution in [2.45, 2.75) is 25.4 Å². The van der Waals surface area contributed by atoms with E-state index in [9.17, 15) is 19.1 Å². The molecule has 0 saturated carbocycles. The molecule has 144 valence electrons. The molecular weight excluding hydrogens is 367 g/mol. The number of carbonyl (C=O) groups is 2. The van der Waals surface area contributed by atoms with Gasteiger partial charge in [0, 0.05) is 29.4 Å². The van der Waals surface area contributed by atoms with Gasteiger partial charge in [0.05, 0.1) is 6.54 Å². The number of nitrogens with zero attached hydrogens (tertiary/aromatic N) is 1. The summed E-state index contributed by atoms with van der Waals surface area (Å²) >= 11 is 1.45. The fraction of sp³-hybridized carbons (Fsp3) is 0.400. The van der Waals surface area contributed by atoms with Crippen molar-refractivity contribution in [3.8, 4) is 0 Å². The summed E-state index contributed by atoms with van der Waals surface area (Å²) in [5.74, 6) is -0.794. The number of rotatable bonds is 5. The van der Waals surface area contributed by atoms with E-state index in [1.54, 1.807) is 11.8 Å². The highest BCUT2D eigenvalue weighted by atomic mass is 32.1. The molecule has 1 aliphatic heterocycles. The number of hydrogen-bond donors (Lipinski definition) is 2. The van der Waals surface area contributed by atoms with Gasteiger partial charge in [-0.05, 0) is 55.5 Å². The van der Waals surface area contributed by atoms with Gasteiger partial charge in [-0.25, -0.2) is 4.39 Å². The fourth-order valence-corrected chi connectivity index (χ4v) is 3.98. The summed E-state index contributed by atoms with van der Waals surface area (Å²) in [4.78, 5) is 27.4. The summed E-state index contributed by atoms with van der Waals surface area (Å²) in [6.07, 6.45) is 1.14. The Hall–Kier alpha value is -2.25. The van der Waals surface area contributed by atoms with Crippen LogP contribution in [-0.4, -0.2) is 41.5 Å². The number of piperidine rings is 1. The van der Waals surface area contributed by atoms with Gasteiger partial charge in [-0.2, -0.15) is 0 Å². The summed E-state index contributed by atoms with van der Waals surface area (Å²) in [5, 5.41) is 15.2. The summed E-state index contributed by atoms with van der Waals surface area (Å²) in [7, 11) is 0. The van der Waals surface area contributed by atoms with Crippen LogP contribution in [0.4, 0.5) is 4.39 Å². The molecule has 1 saturated heterocycles. The zero-order chi connectivity index (χ0) is 19.4. The van der Waals surface area contributed by atoms with E-state index in [4.69, 9.17) is 0 Å². The van der Waals surface area contributed by atoms with Gasteiger partial charge in [-0.1, -0.05) is 6.07 Å². The maximum atomic E-state index is 13.0. The Morgan fingerprint density at radius 3 is 2.52 bits per heavy atom. The number of amides is 2. The van der Waals surface area contributed by atoms with E-state index in [-0.39, 0.29) is 30.1 Å². The van der Waals surface area contributed by atoms with Crippen molar-refractivity contribution < 1.29 is 19.1 Å². The lowest BCUT2D eigenvalue weighted by Gasteiger charge is -2.32. The minimum atomic E-state index is -1.09. The second-order valence-corrected chi connectivity index (χ2v) is 7.99. The van der Waals surface area contributed by atoms with Crippen molar-refractivity contribution >= 4 is 23.2 Å². The molecule has 1 fully saturated rings. The predicted molar refractivity (Wildman–Crippen MR) is 102 cm³/mol. The first kappa shape index (κ1) is 19.5. The van der Waals surface area contributed by atoms with E-state index in [2.05, 4.69) is 5.32 Å². The van der Waals surface area contributed by atoms with Gasteiger partial charge < -0.3 is 15.3 Å². The lowest BCUT2D eigenvalue weighted by atomic mass is 9.95. The van der Waals surface area contributed by atoms with Crippen LogP contribution in [0.1, 0.15) is 35.0 Å². The molecule has 3 rings (SSSR count). The Morgan fingerprint density at radius 1 is 1.26 bits per heavy atom. The van der Waals surface area contributed by atoms with E-state index in [0.29, 0.717) is 31.5 Å². The second kappa shape index (κ2) is 8.19. The van der Waals surface area contributed by atoms with Crippen molar-refractivity contribution in [1.29, 1.82) is 0 Å². The van der Waals surface area contributed by atoms with Crippen LogP contribution in [0.15, 0.2) is 41.8 Å². The van der Waals surface area contributed by atoms with Crippen molar-refractivity contribution in [3.63, 3.8) is 0 Å². The molecule has 5 nitrogen and oxygen atoms in total. The molecule has 2 N–H and O–H groups in total.